The maximum Gasteiger partial charge on any atom is 0.307 e. The largest absolute Gasteiger partial charge is 0.481 e. The Bertz CT molecular complexity index is 731. The Hall–Kier alpha value is -2.96. The zero-order valence-electron chi connectivity index (χ0n) is 11.9. The molecule has 1 aromatic carbocycles. The number of hydrogen-bond donors (Lipinski definition) is 2. The Morgan fingerprint density at radius 2 is 1.91 bits per heavy atom. The molecule has 0 radical (unpaired) electrons. The number of anilines is 1. The maximum absolute atomic E-state index is 12.8. The number of carboxylic acid groups (broad SMARTS) is 1. The smallest absolute Gasteiger partial charge is 0.307 e. The molecule has 0 saturated heterocycles. The molecule has 0 spiro atoms. The van der Waals surface area contributed by atoms with Crippen molar-refractivity contribution < 1.29 is 23.8 Å². The number of carbonyl (C=O) groups excluding carboxylic acids is 1. The quantitative estimate of drug-likeness (QED) is 0.885. The van der Waals surface area contributed by atoms with Crippen LogP contribution in [0.5, 0.6) is 11.6 Å². The SMILES string of the molecule is O=C(O)C1CC1C(=O)Nc1ccc(Oc2ccc(F)cc2)nc1. The molecule has 1 heterocycles. The molecular formula is C16H13FN2O4. The van der Waals surface area contributed by atoms with E-state index in [4.69, 9.17) is 9.84 Å². The number of hydrogen-bond acceptors (Lipinski definition) is 4. The third kappa shape index (κ3) is 3.63. The van der Waals surface area contributed by atoms with Gasteiger partial charge in [-0.15, -0.1) is 0 Å². The van der Waals surface area contributed by atoms with Crippen molar-refractivity contribution in [1.29, 1.82) is 0 Å². The molecule has 2 N–H and O–H groups in total. The number of nitrogens with zero attached hydrogens (tertiary/aromatic N) is 1. The number of ether oxygens (including phenoxy) is 1. The number of pyridine rings is 1. The number of amides is 1. The highest BCUT2D eigenvalue weighted by Crippen LogP contribution is 2.39. The van der Waals surface area contributed by atoms with Crippen LogP contribution in [-0.4, -0.2) is 22.0 Å². The summed E-state index contributed by atoms with van der Waals surface area (Å²) >= 11 is 0. The number of carbonyl (C=O) groups is 2. The number of halogens is 1. The first-order valence-corrected chi connectivity index (χ1v) is 6.96. The number of aromatic nitrogens is 1. The first kappa shape index (κ1) is 15.0. The zero-order chi connectivity index (χ0) is 16.4. The summed E-state index contributed by atoms with van der Waals surface area (Å²) < 4.78 is 18.2. The Balaban J connectivity index is 1.58. The van der Waals surface area contributed by atoms with Gasteiger partial charge in [-0.3, -0.25) is 9.59 Å². The van der Waals surface area contributed by atoms with Crippen LogP contribution in [0.15, 0.2) is 42.6 Å². The van der Waals surface area contributed by atoms with Crippen LogP contribution in [0.1, 0.15) is 6.42 Å². The molecule has 3 rings (SSSR count). The average molecular weight is 316 g/mol. The Morgan fingerprint density at radius 1 is 1.17 bits per heavy atom. The predicted octanol–water partition coefficient (Wildman–Crippen LogP) is 2.67. The summed E-state index contributed by atoms with van der Waals surface area (Å²) in [5.74, 6) is -1.98. The molecule has 2 atom stereocenters. The molecule has 1 aliphatic rings. The minimum atomic E-state index is -0.952. The molecule has 118 valence electrons. The summed E-state index contributed by atoms with van der Waals surface area (Å²) in [5.41, 5.74) is 0.456. The summed E-state index contributed by atoms with van der Waals surface area (Å²) in [4.78, 5) is 26.6. The van der Waals surface area contributed by atoms with Crippen molar-refractivity contribution in [1.82, 2.24) is 4.98 Å². The van der Waals surface area contributed by atoms with E-state index in [1.165, 1.54) is 30.5 Å². The van der Waals surface area contributed by atoms with Crippen molar-refractivity contribution in [2.24, 2.45) is 11.8 Å². The summed E-state index contributed by atoms with van der Waals surface area (Å²) in [7, 11) is 0. The van der Waals surface area contributed by atoms with E-state index in [0.717, 1.165) is 0 Å². The van der Waals surface area contributed by atoms with Crippen molar-refractivity contribution >= 4 is 17.6 Å². The van der Waals surface area contributed by atoms with E-state index in [9.17, 15) is 14.0 Å². The van der Waals surface area contributed by atoms with Gasteiger partial charge in [0.05, 0.1) is 23.7 Å². The number of carboxylic acids is 1. The van der Waals surface area contributed by atoms with E-state index in [-0.39, 0.29) is 11.7 Å². The summed E-state index contributed by atoms with van der Waals surface area (Å²) in [6.45, 7) is 0. The number of rotatable bonds is 5. The maximum atomic E-state index is 12.8. The van der Waals surface area contributed by atoms with Gasteiger partial charge < -0.3 is 15.2 Å². The van der Waals surface area contributed by atoms with Crippen LogP contribution in [0.4, 0.5) is 10.1 Å². The highest BCUT2D eigenvalue weighted by atomic mass is 19.1. The van der Waals surface area contributed by atoms with Crippen molar-refractivity contribution in [2.45, 2.75) is 6.42 Å². The van der Waals surface area contributed by atoms with E-state index in [1.54, 1.807) is 12.1 Å². The Labute approximate surface area is 130 Å². The average Bonchev–Trinajstić information content (AvgIpc) is 3.32. The van der Waals surface area contributed by atoms with Gasteiger partial charge in [0.15, 0.2) is 0 Å². The lowest BCUT2D eigenvalue weighted by atomic mass is 10.3. The van der Waals surface area contributed by atoms with Gasteiger partial charge in [0.2, 0.25) is 11.8 Å². The van der Waals surface area contributed by atoms with Gasteiger partial charge in [-0.05, 0) is 36.8 Å². The molecule has 0 aliphatic heterocycles. The lowest BCUT2D eigenvalue weighted by Crippen LogP contribution is -2.16. The van der Waals surface area contributed by atoms with Crippen LogP contribution in [0, 0.1) is 17.7 Å². The van der Waals surface area contributed by atoms with E-state index in [1.807, 2.05) is 0 Å². The fourth-order valence-corrected chi connectivity index (χ4v) is 2.13. The summed E-state index contributed by atoms with van der Waals surface area (Å²) in [5, 5.41) is 11.4. The topological polar surface area (TPSA) is 88.5 Å². The van der Waals surface area contributed by atoms with Gasteiger partial charge in [-0.25, -0.2) is 9.37 Å². The first-order valence-electron chi connectivity index (χ1n) is 6.96. The zero-order valence-corrected chi connectivity index (χ0v) is 11.9. The number of nitrogens with one attached hydrogen (secondary N) is 1. The normalized spacial score (nSPS) is 19.0. The molecular weight excluding hydrogens is 303 g/mol. The van der Waals surface area contributed by atoms with Gasteiger partial charge >= 0.3 is 5.97 Å². The first-order chi connectivity index (χ1) is 11.0. The van der Waals surface area contributed by atoms with Crippen molar-refractivity contribution in [3.05, 3.63) is 48.4 Å². The van der Waals surface area contributed by atoms with E-state index < -0.39 is 17.8 Å². The van der Waals surface area contributed by atoms with Crippen LogP contribution in [0.3, 0.4) is 0 Å². The lowest BCUT2D eigenvalue weighted by Gasteiger charge is -2.07. The van der Waals surface area contributed by atoms with Gasteiger partial charge in [0.1, 0.15) is 11.6 Å². The molecule has 23 heavy (non-hydrogen) atoms. The summed E-state index contributed by atoms with van der Waals surface area (Å²) in [6.07, 6.45) is 1.77. The molecule has 6 nitrogen and oxygen atoms in total. The summed E-state index contributed by atoms with van der Waals surface area (Å²) in [6, 6.07) is 8.66. The number of aliphatic carboxylic acids is 1. The fraction of sp³-hybridized carbons (Fsp3) is 0.188. The van der Waals surface area contributed by atoms with Crippen LogP contribution >= 0.6 is 0 Å². The van der Waals surface area contributed by atoms with Crippen molar-refractivity contribution in [3.8, 4) is 11.6 Å². The van der Waals surface area contributed by atoms with Gasteiger partial charge in [-0.1, -0.05) is 0 Å². The van der Waals surface area contributed by atoms with Crippen molar-refractivity contribution in [3.63, 3.8) is 0 Å². The van der Waals surface area contributed by atoms with Crippen molar-refractivity contribution in [2.75, 3.05) is 5.32 Å². The third-order valence-corrected chi connectivity index (χ3v) is 3.48. The van der Waals surface area contributed by atoms with Gasteiger partial charge in [0, 0.05) is 6.07 Å². The molecule has 0 bridgehead atoms. The molecule has 1 saturated carbocycles. The van der Waals surface area contributed by atoms with Crippen LogP contribution in [-0.2, 0) is 9.59 Å². The minimum absolute atomic E-state index is 0.296. The molecule has 1 amide bonds. The monoisotopic (exact) mass is 316 g/mol. The minimum Gasteiger partial charge on any atom is -0.481 e. The highest BCUT2D eigenvalue weighted by molar-refractivity contribution is 5.98. The van der Waals surface area contributed by atoms with Crippen LogP contribution in [0.2, 0.25) is 0 Å². The molecule has 2 aromatic rings. The third-order valence-electron chi connectivity index (χ3n) is 3.48. The van der Waals surface area contributed by atoms with Crippen LogP contribution in [0.25, 0.3) is 0 Å². The fourth-order valence-electron chi connectivity index (χ4n) is 2.13. The molecule has 1 aromatic heterocycles. The van der Waals surface area contributed by atoms with E-state index in [2.05, 4.69) is 10.3 Å². The molecule has 7 heteroatoms. The number of benzene rings is 1. The lowest BCUT2D eigenvalue weighted by molar-refractivity contribution is -0.139. The second kappa shape index (κ2) is 6.04. The van der Waals surface area contributed by atoms with E-state index in [0.29, 0.717) is 23.7 Å². The standard InChI is InChI=1S/C16H13FN2O4/c17-9-1-4-11(5-2-9)23-14-6-3-10(8-18-14)19-15(20)12-7-13(12)16(21)22/h1-6,8,12-13H,7H2,(H,19,20)(H,21,22). The highest BCUT2D eigenvalue weighted by Gasteiger charge is 2.48. The molecule has 1 aliphatic carbocycles. The Kier molecular flexibility index (Phi) is 3.92. The van der Waals surface area contributed by atoms with Crippen LogP contribution < -0.4 is 10.1 Å². The van der Waals surface area contributed by atoms with Gasteiger partial charge in [0.25, 0.3) is 0 Å². The van der Waals surface area contributed by atoms with E-state index >= 15 is 0 Å². The van der Waals surface area contributed by atoms with Gasteiger partial charge in [-0.2, -0.15) is 0 Å². The second-order valence-corrected chi connectivity index (χ2v) is 5.22. The molecule has 1 fully saturated rings. The predicted molar refractivity (Wildman–Crippen MR) is 78.6 cm³/mol. The molecule has 2 unspecified atom stereocenters. The second-order valence-electron chi connectivity index (χ2n) is 5.22. The Morgan fingerprint density at radius 3 is 2.48 bits per heavy atom.